The molecule has 68 valence electrons. The summed E-state index contributed by atoms with van der Waals surface area (Å²) in [4.78, 5) is 0. The molecule has 0 aliphatic rings. The van der Waals surface area contributed by atoms with E-state index in [1.807, 2.05) is 6.92 Å². The van der Waals surface area contributed by atoms with Crippen molar-refractivity contribution in [1.82, 2.24) is 0 Å². The molecule has 0 spiro atoms. The Hall–Kier alpha value is -0.160. The van der Waals surface area contributed by atoms with Crippen molar-refractivity contribution in [3.05, 3.63) is 0 Å². The third-order valence-electron chi connectivity index (χ3n) is 1.15. The van der Waals surface area contributed by atoms with Crippen molar-refractivity contribution in [1.29, 1.82) is 0 Å². The van der Waals surface area contributed by atoms with Gasteiger partial charge in [-0.1, -0.05) is 0 Å². The smallest absolute Gasteiger partial charge is 0.104 e. The summed E-state index contributed by atoms with van der Waals surface area (Å²) in [6.07, 6.45) is -0.258. The second-order valence-electron chi connectivity index (χ2n) is 2.06. The van der Waals surface area contributed by atoms with Crippen LogP contribution in [0, 0.1) is 0 Å². The number of hydrogen-bond acceptors (Lipinski definition) is 4. The molecule has 0 heterocycles. The molecule has 0 fully saturated rings. The highest BCUT2D eigenvalue weighted by Crippen LogP contribution is 1.91. The van der Waals surface area contributed by atoms with Gasteiger partial charge in [0.15, 0.2) is 0 Å². The quantitative estimate of drug-likeness (QED) is 0.493. The SMILES string of the molecule is CCOC(CO)COCCO. The van der Waals surface area contributed by atoms with Crippen molar-refractivity contribution in [2.24, 2.45) is 0 Å². The van der Waals surface area contributed by atoms with E-state index in [4.69, 9.17) is 19.7 Å². The van der Waals surface area contributed by atoms with E-state index >= 15 is 0 Å². The Labute approximate surface area is 66.7 Å². The Bertz CT molecular complexity index is 76.8. The highest BCUT2D eigenvalue weighted by atomic mass is 16.5. The molecule has 0 aromatic carbocycles. The minimum atomic E-state index is -0.258. The maximum atomic E-state index is 8.69. The zero-order chi connectivity index (χ0) is 8.53. The Morgan fingerprint density at radius 3 is 2.55 bits per heavy atom. The Kier molecular flexibility index (Phi) is 7.83. The van der Waals surface area contributed by atoms with E-state index in [0.29, 0.717) is 19.8 Å². The maximum Gasteiger partial charge on any atom is 0.104 e. The molecule has 1 unspecified atom stereocenters. The van der Waals surface area contributed by atoms with Gasteiger partial charge < -0.3 is 19.7 Å². The van der Waals surface area contributed by atoms with Crippen LogP contribution in [0.4, 0.5) is 0 Å². The van der Waals surface area contributed by atoms with E-state index in [1.54, 1.807) is 0 Å². The Morgan fingerprint density at radius 1 is 1.36 bits per heavy atom. The van der Waals surface area contributed by atoms with Crippen molar-refractivity contribution < 1.29 is 19.7 Å². The fourth-order valence-electron chi connectivity index (χ4n) is 0.669. The Morgan fingerprint density at radius 2 is 2.09 bits per heavy atom. The lowest BCUT2D eigenvalue weighted by molar-refractivity contribution is -0.0431. The van der Waals surface area contributed by atoms with Crippen molar-refractivity contribution >= 4 is 0 Å². The zero-order valence-electron chi connectivity index (χ0n) is 6.82. The molecule has 1 atom stereocenters. The molecule has 4 heteroatoms. The predicted molar refractivity (Wildman–Crippen MR) is 40.4 cm³/mol. The first-order chi connectivity index (χ1) is 5.35. The molecule has 0 saturated heterocycles. The van der Waals surface area contributed by atoms with Crippen LogP contribution in [-0.2, 0) is 9.47 Å². The molecule has 0 rings (SSSR count). The van der Waals surface area contributed by atoms with Crippen LogP contribution in [-0.4, -0.2) is 49.4 Å². The molecule has 0 bridgehead atoms. The van der Waals surface area contributed by atoms with Crippen LogP contribution >= 0.6 is 0 Å². The molecule has 0 amide bonds. The molecular weight excluding hydrogens is 148 g/mol. The van der Waals surface area contributed by atoms with Crippen molar-refractivity contribution in [2.45, 2.75) is 13.0 Å². The van der Waals surface area contributed by atoms with Gasteiger partial charge in [0, 0.05) is 6.61 Å². The first-order valence-electron chi connectivity index (χ1n) is 3.76. The van der Waals surface area contributed by atoms with Crippen LogP contribution < -0.4 is 0 Å². The molecule has 4 nitrogen and oxygen atoms in total. The van der Waals surface area contributed by atoms with Crippen molar-refractivity contribution in [2.75, 3.05) is 33.0 Å². The molecule has 0 aromatic heterocycles. The molecule has 0 radical (unpaired) electrons. The second-order valence-corrected chi connectivity index (χ2v) is 2.06. The van der Waals surface area contributed by atoms with Crippen LogP contribution in [0.2, 0.25) is 0 Å². The minimum Gasteiger partial charge on any atom is -0.394 e. The van der Waals surface area contributed by atoms with E-state index in [0.717, 1.165) is 0 Å². The Balaban J connectivity index is 3.20. The normalized spacial score (nSPS) is 13.4. The topological polar surface area (TPSA) is 58.9 Å². The largest absolute Gasteiger partial charge is 0.394 e. The molecule has 0 aromatic rings. The first-order valence-corrected chi connectivity index (χ1v) is 3.76. The van der Waals surface area contributed by atoms with Gasteiger partial charge in [-0.3, -0.25) is 0 Å². The van der Waals surface area contributed by atoms with Crippen LogP contribution in [0.25, 0.3) is 0 Å². The van der Waals surface area contributed by atoms with Gasteiger partial charge in [0.1, 0.15) is 6.10 Å². The number of aliphatic hydroxyl groups excluding tert-OH is 2. The number of hydrogen-bond donors (Lipinski definition) is 2. The fraction of sp³-hybridized carbons (Fsp3) is 1.00. The van der Waals surface area contributed by atoms with Crippen LogP contribution in [0.15, 0.2) is 0 Å². The zero-order valence-corrected chi connectivity index (χ0v) is 6.82. The average molecular weight is 164 g/mol. The van der Waals surface area contributed by atoms with Crippen molar-refractivity contribution in [3.8, 4) is 0 Å². The van der Waals surface area contributed by atoms with Gasteiger partial charge in [-0.2, -0.15) is 0 Å². The summed E-state index contributed by atoms with van der Waals surface area (Å²) < 4.78 is 10.0. The molecular formula is C7H16O4. The lowest BCUT2D eigenvalue weighted by Crippen LogP contribution is -2.24. The monoisotopic (exact) mass is 164 g/mol. The maximum absolute atomic E-state index is 8.69. The van der Waals surface area contributed by atoms with Crippen LogP contribution in [0.5, 0.6) is 0 Å². The van der Waals surface area contributed by atoms with Gasteiger partial charge in [0.2, 0.25) is 0 Å². The number of ether oxygens (including phenoxy) is 2. The van der Waals surface area contributed by atoms with Crippen LogP contribution in [0.1, 0.15) is 6.92 Å². The minimum absolute atomic E-state index is 0.00424. The second kappa shape index (κ2) is 7.94. The van der Waals surface area contributed by atoms with Gasteiger partial charge >= 0.3 is 0 Å². The first kappa shape index (κ1) is 10.8. The van der Waals surface area contributed by atoms with E-state index < -0.39 is 0 Å². The summed E-state index contributed by atoms with van der Waals surface area (Å²) in [5.41, 5.74) is 0. The number of rotatable bonds is 7. The molecule has 0 saturated carbocycles. The van der Waals surface area contributed by atoms with Gasteiger partial charge in [0.25, 0.3) is 0 Å². The summed E-state index contributed by atoms with van der Waals surface area (Å²) in [5, 5.41) is 17.0. The molecule has 0 aliphatic heterocycles. The summed E-state index contributed by atoms with van der Waals surface area (Å²) in [5.74, 6) is 0. The fourth-order valence-corrected chi connectivity index (χ4v) is 0.669. The predicted octanol–water partition coefficient (Wildman–Crippen LogP) is -0.607. The molecule has 0 aliphatic carbocycles. The average Bonchev–Trinajstić information content (AvgIpc) is 2.03. The summed E-state index contributed by atoms with van der Waals surface area (Å²) in [7, 11) is 0. The summed E-state index contributed by atoms with van der Waals surface area (Å²) in [6, 6.07) is 0. The van der Waals surface area contributed by atoms with Gasteiger partial charge in [0.05, 0.1) is 26.4 Å². The third kappa shape index (κ3) is 6.25. The summed E-state index contributed by atoms with van der Waals surface area (Å²) in [6.45, 7) is 3.01. The highest BCUT2D eigenvalue weighted by Gasteiger charge is 2.05. The van der Waals surface area contributed by atoms with E-state index in [9.17, 15) is 0 Å². The summed E-state index contributed by atoms with van der Waals surface area (Å²) >= 11 is 0. The van der Waals surface area contributed by atoms with Crippen molar-refractivity contribution in [3.63, 3.8) is 0 Å². The van der Waals surface area contributed by atoms with E-state index in [2.05, 4.69) is 0 Å². The van der Waals surface area contributed by atoms with E-state index in [1.165, 1.54) is 0 Å². The molecule has 11 heavy (non-hydrogen) atoms. The number of aliphatic hydroxyl groups is 2. The lowest BCUT2D eigenvalue weighted by Gasteiger charge is -2.13. The third-order valence-corrected chi connectivity index (χ3v) is 1.15. The van der Waals surface area contributed by atoms with E-state index in [-0.39, 0.29) is 19.3 Å². The van der Waals surface area contributed by atoms with Gasteiger partial charge in [-0.15, -0.1) is 0 Å². The van der Waals surface area contributed by atoms with Gasteiger partial charge in [-0.05, 0) is 6.92 Å². The van der Waals surface area contributed by atoms with Gasteiger partial charge in [-0.25, -0.2) is 0 Å². The van der Waals surface area contributed by atoms with Crippen LogP contribution in [0.3, 0.4) is 0 Å². The molecule has 2 N–H and O–H groups in total. The lowest BCUT2D eigenvalue weighted by atomic mass is 10.4. The standard InChI is InChI=1S/C7H16O4/c1-2-11-7(5-9)6-10-4-3-8/h7-9H,2-6H2,1H3. The highest BCUT2D eigenvalue weighted by molar-refractivity contribution is 4.52.